The Hall–Kier alpha value is -4.03. The highest BCUT2D eigenvalue weighted by Crippen LogP contribution is 2.29. The standard InChI is InChI=1S/C17H13F3N6O4/c1-8-5-10(14-25-15(30-26-14)17(18,19)20)23-6-11(8)24-16(28)29-7-9-3-2-4-22-12(9)13(21)27/h2-6H,7H2,1H3,(H2,21,27)(H,24,28). The van der Waals surface area contributed by atoms with Crippen LogP contribution in [0.1, 0.15) is 27.5 Å². The van der Waals surface area contributed by atoms with E-state index in [4.69, 9.17) is 10.5 Å². The zero-order valence-corrected chi connectivity index (χ0v) is 15.2. The minimum Gasteiger partial charge on any atom is -0.444 e. The molecule has 0 aliphatic heterocycles. The number of pyridine rings is 2. The van der Waals surface area contributed by atoms with Gasteiger partial charge in [0.15, 0.2) is 0 Å². The first kappa shape index (κ1) is 20.7. The molecule has 0 aromatic carbocycles. The molecule has 0 spiro atoms. The van der Waals surface area contributed by atoms with Crippen molar-refractivity contribution in [1.29, 1.82) is 0 Å². The predicted molar refractivity (Wildman–Crippen MR) is 93.8 cm³/mol. The molecule has 13 heteroatoms. The van der Waals surface area contributed by atoms with Crippen molar-refractivity contribution in [3.8, 4) is 11.5 Å². The van der Waals surface area contributed by atoms with E-state index in [1.165, 1.54) is 24.5 Å². The van der Waals surface area contributed by atoms with Crippen LogP contribution in [0.5, 0.6) is 0 Å². The second-order valence-corrected chi connectivity index (χ2v) is 5.88. The molecular weight excluding hydrogens is 409 g/mol. The van der Waals surface area contributed by atoms with Crippen LogP contribution in [-0.2, 0) is 17.5 Å². The fourth-order valence-electron chi connectivity index (χ4n) is 2.32. The van der Waals surface area contributed by atoms with Crippen LogP contribution in [0.25, 0.3) is 11.5 Å². The van der Waals surface area contributed by atoms with Gasteiger partial charge in [-0.3, -0.25) is 20.1 Å². The van der Waals surface area contributed by atoms with Gasteiger partial charge in [-0.05, 0) is 24.6 Å². The number of halogens is 3. The average molecular weight is 422 g/mol. The molecule has 3 rings (SSSR count). The van der Waals surface area contributed by atoms with Gasteiger partial charge < -0.3 is 15.0 Å². The monoisotopic (exact) mass is 422 g/mol. The Labute approximate surface area is 166 Å². The van der Waals surface area contributed by atoms with E-state index >= 15 is 0 Å². The molecule has 0 atom stereocenters. The van der Waals surface area contributed by atoms with Crippen molar-refractivity contribution in [2.24, 2.45) is 5.73 Å². The fourth-order valence-corrected chi connectivity index (χ4v) is 2.32. The smallest absolute Gasteiger partial charge is 0.444 e. The SMILES string of the molecule is Cc1cc(-c2noc(C(F)(F)F)n2)ncc1NC(=O)OCc1cccnc1C(N)=O. The number of carbonyl (C=O) groups excluding carboxylic acids is 2. The largest absolute Gasteiger partial charge is 0.471 e. The molecule has 0 bridgehead atoms. The Morgan fingerprint density at radius 3 is 2.70 bits per heavy atom. The summed E-state index contributed by atoms with van der Waals surface area (Å²) in [5.41, 5.74) is 6.22. The number of aromatic nitrogens is 4. The Balaban J connectivity index is 1.67. The molecule has 0 saturated heterocycles. The van der Waals surface area contributed by atoms with E-state index in [0.717, 1.165) is 0 Å². The van der Waals surface area contributed by atoms with Crippen molar-refractivity contribution in [1.82, 2.24) is 20.1 Å². The number of nitrogens with one attached hydrogen (secondary N) is 1. The normalized spacial score (nSPS) is 11.2. The maximum Gasteiger partial charge on any atom is 0.471 e. The molecule has 30 heavy (non-hydrogen) atoms. The molecule has 0 fully saturated rings. The lowest BCUT2D eigenvalue weighted by atomic mass is 10.2. The topological polar surface area (TPSA) is 146 Å². The van der Waals surface area contributed by atoms with Crippen molar-refractivity contribution in [3.05, 3.63) is 53.3 Å². The van der Waals surface area contributed by atoms with Gasteiger partial charge in [0.1, 0.15) is 18.0 Å². The van der Waals surface area contributed by atoms with Crippen LogP contribution in [0, 0.1) is 6.92 Å². The third kappa shape index (κ3) is 4.68. The van der Waals surface area contributed by atoms with Crippen molar-refractivity contribution in [3.63, 3.8) is 0 Å². The lowest BCUT2D eigenvalue weighted by Crippen LogP contribution is -2.19. The number of alkyl halides is 3. The molecule has 3 heterocycles. The molecule has 3 N–H and O–H groups in total. The van der Waals surface area contributed by atoms with E-state index in [2.05, 4.69) is 29.9 Å². The van der Waals surface area contributed by atoms with Gasteiger partial charge in [-0.1, -0.05) is 11.2 Å². The minimum absolute atomic E-state index is 0.0205. The first-order chi connectivity index (χ1) is 14.1. The number of hydrogen-bond acceptors (Lipinski definition) is 8. The molecule has 2 amide bonds. The minimum atomic E-state index is -4.77. The van der Waals surface area contributed by atoms with Crippen LogP contribution >= 0.6 is 0 Å². The van der Waals surface area contributed by atoms with E-state index in [1.54, 1.807) is 13.0 Å². The highest BCUT2D eigenvalue weighted by atomic mass is 19.4. The lowest BCUT2D eigenvalue weighted by molar-refractivity contribution is -0.159. The Bertz CT molecular complexity index is 1100. The molecule has 0 aliphatic rings. The average Bonchev–Trinajstić information content (AvgIpc) is 3.19. The first-order valence-corrected chi connectivity index (χ1v) is 8.20. The Morgan fingerprint density at radius 2 is 2.07 bits per heavy atom. The zero-order chi connectivity index (χ0) is 21.9. The number of aryl methyl sites for hydroxylation is 1. The van der Waals surface area contributed by atoms with Crippen LogP contribution in [0.15, 0.2) is 35.1 Å². The maximum atomic E-state index is 12.6. The van der Waals surface area contributed by atoms with Gasteiger partial charge in [0, 0.05) is 11.8 Å². The van der Waals surface area contributed by atoms with E-state index in [-0.39, 0.29) is 29.5 Å². The summed E-state index contributed by atoms with van der Waals surface area (Å²) in [7, 11) is 0. The van der Waals surface area contributed by atoms with Crippen molar-refractivity contribution in [2.45, 2.75) is 19.7 Å². The molecule has 10 nitrogen and oxygen atoms in total. The summed E-state index contributed by atoms with van der Waals surface area (Å²) in [6.45, 7) is 1.32. The third-order valence-electron chi connectivity index (χ3n) is 3.73. The quantitative estimate of drug-likeness (QED) is 0.638. The predicted octanol–water partition coefficient (Wildman–Crippen LogP) is 2.70. The second-order valence-electron chi connectivity index (χ2n) is 5.88. The third-order valence-corrected chi connectivity index (χ3v) is 3.73. The van der Waals surface area contributed by atoms with Crippen LogP contribution in [-0.4, -0.2) is 32.1 Å². The summed E-state index contributed by atoms with van der Waals surface area (Å²) < 4.78 is 46.9. The van der Waals surface area contributed by atoms with Crippen molar-refractivity contribution in [2.75, 3.05) is 5.32 Å². The van der Waals surface area contributed by atoms with E-state index in [9.17, 15) is 22.8 Å². The highest BCUT2D eigenvalue weighted by Gasteiger charge is 2.38. The lowest BCUT2D eigenvalue weighted by Gasteiger charge is -2.10. The molecule has 0 radical (unpaired) electrons. The van der Waals surface area contributed by atoms with Crippen LogP contribution < -0.4 is 11.1 Å². The number of nitrogens with zero attached hydrogens (tertiary/aromatic N) is 4. The van der Waals surface area contributed by atoms with Gasteiger partial charge in [-0.15, -0.1) is 0 Å². The summed E-state index contributed by atoms with van der Waals surface area (Å²) in [5, 5.41) is 5.68. The van der Waals surface area contributed by atoms with Gasteiger partial charge in [-0.25, -0.2) is 4.79 Å². The van der Waals surface area contributed by atoms with Gasteiger partial charge in [-0.2, -0.15) is 18.2 Å². The molecule has 0 saturated carbocycles. The van der Waals surface area contributed by atoms with E-state index < -0.39 is 24.1 Å². The summed E-state index contributed by atoms with van der Waals surface area (Å²) in [5.74, 6) is -2.61. The second kappa shape index (κ2) is 8.14. The molecular formula is C17H13F3N6O4. The Morgan fingerprint density at radius 1 is 1.30 bits per heavy atom. The summed E-state index contributed by atoms with van der Waals surface area (Å²) in [6, 6.07) is 4.45. The van der Waals surface area contributed by atoms with Gasteiger partial charge in [0.2, 0.25) is 5.82 Å². The number of hydrogen-bond donors (Lipinski definition) is 2. The van der Waals surface area contributed by atoms with Gasteiger partial charge >= 0.3 is 18.2 Å². The molecule has 3 aromatic heterocycles. The van der Waals surface area contributed by atoms with E-state index in [0.29, 0.717) is 11.1 Å². The van der Waals surface area contributed by atoms with Crippen molar-refractivity contribution >= 4 is 17.7 Å². The van der Waals surface area contributed by atoms with E-state index in [1.807, 2.05) is 0 Å². The molecule has 3 aromatic rings. The molecule has 0 aliphatic carbocycles. The van der Waals surface area contributed by atoms with Gasteiger partial charge in [0.05, 0.1) is 11.9 Å². The highest BCUT2D eigenvalue weighted by molar-refractivity contribution is 5.92. The first-order valence-electron chi connectivity index (χ1n) is 8.20. The number of anilines is 1. The van der Waals surface area contributed by atoms with Crippen molar-refractivity contribution < 1.29 is 32.0 Å². The maximum absolute atomic E-state index is 12.6. The summed E-state index contributed by atoms with van der Waals surface area (Å²) in [6.07, 6.45) is -3.05. The number of carbonyl (C=O) groups is 2. The summed E-state index contributed by atoms with van der Waals surface area (Å²) >= 11 is 0. The number of nitrogens with two attached hydrogens (primary N) is 1. The fraction of sp³-hybridized carbons (Fsp3) is 0.176. The van der Waals surface area contributed by atoms with Crippen LogP contribution in [0.4, 0.5) is 23.7 Å². The molecule has 156 valence electrons. The molecule has 0 unspecified atom stereocenters. The van der Waals surface area contributed by atoms with Crippen LogP contribution in [0.2, 0.25) is 0 Å². The number of primary amides is 1. The number of rotatable bonds is 5. The zero-order valence-electron chi connectivity index (χ0n) is 15.2. The van der Waals surface area contributed by atoms with Crippen LogP contribution in [0.3, 0.4) is 0 Å². The number of ether oxygens (including phenoxy) is 1. The van der Waals surface area contributed by atoms with Gasteiger partial charge in [0.25, 0.3) is 5.91 Å². The summed E-state index contributed by atoms with van der Waals surface area (Å²) in [4.78, 5) is 34.3. The number of amides is 2. The Kier molecular flexibility index (Phi) is 5.62.